The molecule has 0 unspecified atom stereocenters. The molecule has 0 amide bonds. The van der Waals surface area contributed by atoms with Crippen molar-refractivity contribution in [2.45, 2.75) is 44.7 Å². The van der Waals surface area contributed by atoms with Gasteiger partial charge in [0.05, 0.1) is 11.0 Å². The average Bonchev–Trinajstić information content (AvgIpc) is 3.20. The molecular formula is C24H25N3. The van der Waals surface area contributed by atoms with Crippen LogP contribution in [0.5, 0.6) is 0 Å². The third-order valence-electron chi connectivity index (χ3n) is 6.77. The Morgan fingerprint density at radius 2 is 1.81 bits per heavy atom. The van der Waals surface area contributed by atoms with Crippen molar-refractivity contribution in [1.82, 2.24) is 14.5 Å². The minimum atomic E-state index is 0.835. The molecule has 27 heavy (non-hydrogen) atoms. The zero-order valence-electron chi connectivity index (χ0n) is 15.7. The summed E-state index contributed by atoms with van der Waals surface area (Å²) in [6.07, 6.45) is 10.8. The van der Waals surface area contributed by atoms with Crippen LogP contribution in [0.3, 0.4) is 0 Å². The van der Waals surface area contributed by atoms with Gasteiger partial charge in [-0.05, 0) is 59.7 Å². The molecule has 1 aliphatic heterocycles. The van der Waals surface area contributed by atoms with Crippen molar-refractivity contribution in [3.8, 4) is 11.1 Å². The largest absolute Gasteiger partial charge is 0.327 e. The first kappa shape index (κ1) is 15.6. The molecule has 3 nitrogen and oxygen atoms in total. The van der Waals surface area contributed by atoms with Crippen LogP contribution in [0, 0.1) is 0 Å². The van der Waals surface area contributed by atoms with E-state index < -0.39 is 0 Å². The molecule has 0 radical (unpaired) electrons. The minimum Gasteiger partial charge on any atom is -0.327 e. The van der Waals surface area contributed by atoms with Gasteiger partial charge in [0.1, 0.15) is 5.82 Å². The molecule has 0 spiro atoms. The normalized spacial score (nSPS) is 19.7. The summed E-state index contributed by atoms with van der Waals surface area (Å²) in [6.45, 7) is 3.41. The zero-order chi connectivity index (χ0) is 17.8. The predicted octanol–water partition coefficient (Wildman–Crippen LogP) is 4.68. The van der Waals surface area contributed by atoms with Crippen LogP contribution in [0.1, 0.15) is 36.2 Å². The molecule has 1 fully saturated rings. The second-order valence-corrected chi connectivity index (χ2v) is 8.27. The van der Waals surface area contributed by atoms with Crippen molar-refractivity contribution >= 4 is 17.1 Å². The summed E-state index contributed by atoms with van der Waals surface area (Å²) in [5, 5.41) is 0. The van der Waals surface area contributed by atoms with E-state index >= 15 is 0 Å². The van der Waals surface area contributed by atoms with Crippen molar-refractivity contribution in [3.63, 3.8) is 0 Å². The maximum Gasteiger partial charge on any atom is 0.111 e. The van der Waals surface area contributed by atoms with Crippen LogP contribution in [0.15, 0.2) is 42.5 Å². The van der Waals surface area contributed by atoms with Gasteiger partial charge >= 0.3 is 0 Å². The van der Waals surface area contributed by atoms with E-state index in [1.54, 1.807) is 0 Å². The quantitative estimate of drug-likeness (QED) is 0.665. The van der Waals surface area contributed by atoms with E-state index in [2.05, 4.69) is 58.0 Å². The first-order valence-electron chi connectivity index (χ1n) is 10.4. The Kier molecular flexibility index (Phi) is 3.51. The van der Waals surface area contributed by atoms with Gasteiger partial charge in [-0.15, -0.1) is 0 Å². The van der Waals surface area contributed by atoms with Gasteiger partial charge in [0.15, 0.2) is 0 Å². The first-order chi connectivity index (χ1) is 13.3. The summed E-state index contributed by atoms with van der Waals surface area (Å²) in [7, 11) is 0. The van der Waals surface area contributed by atoms with Gasteiger partial charge in [0.25, 0.3) is 0 Å². The molecule has 136 valence electrons. The fourth-order valence-electron chi connectivity index (χ4n) is 4.93. The van der Waals surface area contributed by atoms with Crippen molar-refractivity contribution in [1.29, 1.82) is 0 Å². The van der Waals surface area contributed by atoms with Crippen LogP contribution >= 0.6 is 0 Å². The van der Waals surface area contributed by atoms with Gasteiger partial charge in [0.2, 0.25) is 0 Å². The highest BCUT2D eigenvalue weighted by molar-refractivity contribution is 5.83. The summed E-state index contributed by atoms with van der Waals surface area (Å²) in [5.41, 5.74) is 7.81. The number of rotatable bonds is 2. The Morgan fingerprint density at radius 1 is 0.926 bits per heavy atom. The van der Waals surface area contributed by atoms with Gasteiger partial charge in [-0.25, -0.2) is 4.98 Å². The van der Waals surface area contributed by atoms with Crippen molar-refractivity contribution in [2.24, 2.45) is 0 Å². The lowest BCUT2D eigenvalue weighted by atomic mass is 9.91. The molecule has 3 aliphatic rings. The van der Waals surface area contributed by atoms with Crippen LogP contribution in [-0.2, 0) is 19.4 Å². The van der Waals surface area contributed by atoms with Gasteiger partial charge in [-0.2, -0.15) is 0 Å². The molecule has 2 aliphatic carbocycles. The highest BCUT2D eigenvalue weighted by atomic mass is 15.2. The number of benzene rings is 2. The molecule has 2 heterocycles. The fourth-order valence-corrected chi connectivity index (χ4v) is 4.93. The lowest BCUT2D eigenvalue weighted by Crippen LogP contribution is -2.41. The standard InChI is InChI=1S/C24H25N3/c1-3-17-7-8-19(15-18(17)4-1)20-9-10-23-22(16-20)25-24-11-12-26(13-14-27(23)24)21-5-2-6-21/h1,4,7-10,15-16,21H,2-3,5-6,11-14H2. The maximum absolute atomic E-state index is 5.03. The summed E-state index contributed by atoms with van der Waals surface area (Å²) >= 11 is 0. The Morgan fingerprint density at radius 3 is 2.70 bits per heavy atom. The lowest BCUT2D eigenvalue weighted by molar-refractivity contribution is 0.130. The van der Waals surface area contributed by atoms with E-state index in [0.717, 1.165) is 37.5 Å². The van der Waals surface area contributed by atoms with E-state index in [0.29, 0.717) is 0 Å². The molecule has 3 heteroatoms. The lowest BCUT2D eigenvalue weighted by Gasteiger charge is -2.36. The number of allylic oxidation sites excluding steroid dienone is 1. The molecule has 1 saturated carbocycles. The smallest absolute Gasteiger partial charge is 0.111 e. The number of imidazole rings is 1. The Balaban J connectivity index is 1.33. The zero-order valence-corrected chi connectivity index (χ0v) is 15.7. The summed E-state index contributed by atoms with van der Waals surface area (Å²) < 4.78 is 2.46. The van der Waals surface area contributed by atoms with Crippen molar-refractivity contribution in [3.05, 3.63) is 59.4 Å². The van der Waals surface area contributed by atoms with Gasteiger partial charge in [0, 0.05) is 32.1 Å². The van der Waals surface area contributed by atoms with Gasteiger partial charge in [-0.1, -0.05) is 36.8 Å². The second kappa shape index (κ2) is 6.07. The predicted molar refractivity (Wildman–Crippen MR) is 111 cm³/mol. The number of hydrogen-bond acceptors (Lipinski definition) is 2. The Labute approximate surface area is 160 Å². The maximum atomic E-state index is 5.03. The Bertz CT molecular complexity index is 1050. The van der Waals surface area contributed by atoms with E-state index in [1.807, 2.05) is 0 Å². The average molecular weight is 355 g/mol. The second-order valence-electron chi connectivity index (χ2n) is 8.27. The van der Waals surface area contributed by atoms with Crippen LogP contribution in [-0.4, -0.2) is 33.6 Å². The number of hydrogen-bond donors (Lipinski definition) is 0. The molecule has 0 atom stereocenters. The van der Waals surface area contributed by atoms with Crippen LogP contribution in [0.25, 0.3) is 28.2 Å². The van der Waals surface area contributed by atoms with Gasteiger partial charge in [-0.3, -0.25) is 4.90 Å². The summed E-state index contributed by atoms with van der Waals surface area (Å²) in [4.78, 5) is 7.72. The molecule has 0 N–H and O–H groups in total. The molecule has 3 aromatic rings. The fraction of sp³-hybridized carbons (Fsp3) is 0.375. The molecule has 0 bridgehead atoms. The molecule has 6 rings (SSSR count). The van der Waals surface area contributed by atoms with Crippen molar-refractivity contribution in [2.75, 3.05) is 13.1 Å². The SMILES string of the molecule is C1=Cc2cc(-c3ccc4c(c3)nc3n4CCN(C4CCC4)CC3)ccc2C1. The topological polar surface area (TPSA) is 21.1 Å². The minimum absolute atomic E-state index is 0.835. The van der Waals surface area contributed by atoms with Crippen molar-refractivity contribution < 1.29 is 0 Å². The van der Waals surface area contributed by atoms with Gasteiger partial charge < -0.3 is 4.57 Å². The highest BCUT2D eigenvalue weighted by Gasteiger charge is 2.27. The van der Waals surface area contributed by atoms with E-state index in [-0.39, 0.29) is 0 Å². The summed E-state index contributed by atoms with van der Waals surface area (Å²) in [6, 6.07) is 14.5. The molecule has 2 aromatic carbocycles. The first-order valence-corrected chi connectivity index (χ1v) is 10.4. The number of nitrogens with zero attached hydrogens (tertiary/aromatic N) is 3. The molecule has 0 saturated heterocycles. The van der Waals surface area contributed by atoms with Crippen LogP contribution in [0.4, 0.5) is 0 Å². The molecular weight excluding hydrogens is 330 g/mol. The van der Waals surface area contributed by atoms with E-state index in [1.165, 1.54) is 59.4 Å². The monoisotopic (exact) mass is 355 g/mol. The highest BCUT2D eigenvalue weighted by Crippen LogP contribution is 2.31. The van der Waals surface area contributed by atoms with Crippen LogP contribution < -0.4 is 0 Å². The summed E-state index contributed by atoms with van der Waals surface area (Å²) in [5.74, 6) is 1.26. The third kappa shape index (κ3) is 2.56. The number of fused-ring (bicyclic) bond motifs is 4. The Hall–Kier alpha value is -2.39. The number of aromatic nitrogens is 2. The third-order valence-corrected chi connectivity index (χ3v) is 6.77. The van der Waals surface area contributed by atoms with E-state index in [4.69, 9.17) is 4.98 Å². The van der Waals surface area contributed by atoms with E-state index in [9.17, 15) is 0 Å². The molecule has 1 aromatic heterocycles. The van der Waals surface area contributed by atoms with Crippen LogP contribution in [0.2, 0.25) is 0 Å².